The van der Waals surface area contributed by atoms with Gasteiger partial charge in [-0.1, -0.05) is 12.1 Å². The highest BCUT2D eigenvalue weighted by Gasteiger charge is 2.20. The van der Waals surface area contributed by atoms with Crippen LogP contribution in [0.5, 0.6) is 0 Å². The molecule has 4 rings (SSSR count). The molecular formula is C21H16FN3O4S. The summed E-state index contributed by atoms with van der Waals surface area (Å²) in [6.07, 6.45) is 4.50. The van der Waals surface area contributed by atoms with Gasteiger partial charge in [-0.15, -0.1) is 0 Å². The Hall–Kier alpha value is -3.59. The minimum atomic E-state index is -4.05. The molecule has 1 N–H and O–H groups in total. The van der Waals surface area contributed by atoms with Gasteiger partial charge in [0.1, 0.15) is 5.82 Å². The standard InChI is InChI=1S/C21H16FN3O4S/c22-16-6-4-14(5-7-16)18-13-24-21(29-18)9-8-20(26)25-30(27,28)19-3-1-2-15-12-23-11-10-17(15)19/h1-7,10-13H,8-9H2,(H,25,26). The number of nitrogens with zero attached hydrogens (tertiary/aromatic N) is 2. The molecule has 0 atom stereocenters. The van der Waals surface area contributed by atoms with Crippen molar-refractivity contribution in [2.75, 3.05) is 0 Å². The number of amides is 1. The fourth-order valence-corrected chi connectivity index (χ4v) is 4.22. The SMILES string of the molecule is O=C(CCc1ncc(-c2ccc(F)cc2)o1)NS(=O)(=O)c1cccc2cnccc12. The first kappa shape index (κ1) is 19.7. The molecule has 2 aromatic heterocycles. The number of carbonyl (C=O) groups excluding carboxylic acids is 1. The minimum Gasteiger partial charge on any atom is -0.441 e. The van der Waals surface area contributed by atoms with Crippen LogP contribution < -0.4 is 4.72 Å². The van der Waals surface area contributed by atoms with Crippen LogP contribution in [0, 0.1) is 5.82 Å². The summed E-state index contributed by atoms with van der Waals surface area (Å²) in [7, 11) is -4.05. The van der Waals surface area contributed by atoms with E-state index in [4.69, 9.17) is 4.42 Å². The maximum absolute atomic E-state index is 13.0. The van der Waals surface area contributed by atoms with Gasteiger partial charge in [0.25, 0.3) is 10.0 Å². The zero-order valence-electron chi connectivity index (χ0n) is 15.6. The summed E-state index contributed by atoms with van der Waals surface area (Å²) >= 11 is 0. The molecular weight excluding hydrogens is 409 g/mol. The zero-order chi connectivity index (χ0) is 21.1. The van der Waals surface area contributed by atoms with E-state index in [1.807, 2.05) is 0 Å². The summed E-state index contributed by atoms with van der Waals surface area (Å²) in [4.78, 5) is 20.3. The molecule has 0 saturated carbocycles. The number of aromatic nitrogens is 2. The molecule has 0 aliphatic heterocycles. The Morgan fingerprint density at radius 2 is 1.87 bits per heavy atom. The average molecular weight is 425 g/mol. The maximum atomic E-state index is 13.0. The van der Waals surface area contributed by atoms with Gasteiger partial charge in [0.15, 0.2) is 11.7 Å². The lowest BCUT2D eigenvalue weighted by Gasteiger charge is -2.09. The number of nitrogens with one attached hydrogen (secondary N) is 1. The van der Waals surface area contributed by atoms with Crippen LogP contribution in [0.15, 0.2) is 76.4 Å². The third-order valence-corrected chi connectivity index (χ3v) is 5.86. The number of hydrogen-bond donors (Lipinski definition) is 1. The molecule has 0 saturated heterocycles. The number of hydrogen-bond acceptors (Lipinski definition) is 6. The van der Waals surface area contributed by atoms with E-state index in [1.54, 1.807) is 36.5 Å². The summed E-state index contributed by atoms with van der Waals surface area (Å²) in [6, 6.07) is 12.1. The number of pyridine rings is 1. The highest BCUT2D eigenvalue weighted by Crippen LogP contribution is 2.23. The number of rotatable bonds is 6. The van der Waals surface area contributed by atoms with E-state index in [0.717, 1.165) is 0 Å². The predicted octanol–water partition coefficient (Wildman–Crippen LogP) is 3.47. The molecule has 0 bridgehead atoms. The van der Waals surface area contributed by atoms with E-state index in [9.17, 15) is 17.6 Å². The third-order valence-electron chi connectivity index (χ3n) is 4.43. The van der Waals surface area contributed by atoms with Crippen molar-refractivity contribution in [3.63, 3.8) is 0 Å². The van der Waals surface area contributed by atoms with Crippen LogP contribution in [0.3, 0.4) is 0 Å². The van der Waals surface area contributed by atoms with Crippen molar-refractivity contribution in [2.24, 2.45) is 0 Å². The Morgan fingerprint density at radius 1 is 1.07 bits per heavy atom. The van der Waals surface area contributed by atoms with Crippen LogP contribution in [0.25, 0.3) is 22.1 Å². The monoisotopic (exact) mass is 425 g/mol. The Bertz CT molecular complexity index is 1310. The molecule has 0 unspecified atom stereocenters. The average Bonchev–Trinajstić information content (AvgIpc) is 3.21. The van der Waals surface area contributed by atoms with Crippen LogP contribution in [-0.4, -0.2) is 24.3 Å². The normalized spacial score (nSPS) is 11.5. The first-order valence-corrected chi connectivity index (χ1v) is 10.5. The lowest BCUT2D eigenvalue weighted by Crippen LogP contribution is -2.30. The highest BCUT2D eigenvalue weighted by molar-refractivity contribution is 7.90. The highest BCUT2D eigenvalue weighted by atomic mass is 32.2. The van der Waals surface area contributed by atoms with Crippen molar-refractivity contribution < 1.29 is 22.0 Å². The topological polar surface area (TPSA) is 102 Å². The van der Waals surface area contributed by atoms with E-state index < -0.39 is 15.9 Å². The lowest BCUT2D eigenvalue weighted by atomic mass is 10.2. The van der Waals surface area contributed by atoms with Gasteiger partial charge < -0.3 is 4.42 Å². The van der Waals surface area contributed by atoms with Crippen molar-refractivity contribution >= 4 is 26.7 Å². The number of aryl methyl sites for hydroxylation is 1. The number of fused-ring (bicyclic) bond motifs is 1. The quantitative estimate of drug-likeness (QED) is 0.508. The Balaban J connectivity index is 1.43. The second kappa shape index (κ2) is 8.03. The van der Waals surface area contributed by atoms with Gasteiger partial charge in [-0.25, -0.2) is 22.5 Å². The van der Waals surface area contributed by atoms with E-state index in [0.29, 0.717) is 22.1 Å². The fourth-order valence-electron chi connectivity index (χ4n) is 2.98. The smallest absolute Gasteiger partial charge is 0.264 e. The van der Waals surface area contributed by atoms with E-state index in [2.05, 4.69) is 14.7 Å². The van der Waals surface area contributed by atoms with Gasteiger partial charge >= 0.3 is 0 Å². The van der Waals surface area contributed by atoms with Gasteiger partial charge in [0, 0.05) is 41.6 Å². The van der Waals surface area contributed by atoms with Crippen molar-refractivity contribution in [3.05, 3.63) is 78.8 Å². The Kier molecular flexibility index (Phi) is 5.28. The molecule has 0 spiro atoms. The first-order valence-electron chi connectivity index (χ1n) is 9.01. The number of carbonyl (C=O) groups is 1. The molecule has 9 heteroatoms. The Morgan fingerprint density at radius 3 is 2.67 bits per heavy atom. The van der Waals surface area contributed by atoms with Crippen LogP contribution in [0.4, 0.5) is 4.39 Å². The van der Waals surface area contributed by atoms with Crippen LogP contribution in [0.1, 0.15) is 12.3 Å². The molecule has 0 radical (unpaired) electrons. The first-order chi connectivity index (χ1) is 14.4. The number of benzene rings is 2. The van der Waals surface area contributed by atoms with Gasteiger partial charge in [0.2, 0.25) is 5.91 Å². The lowest BCUT2D eigenvalue weighted by molar-refractivity contribution is -0.119. The molecule has 30 heavy (non-hydrogen) atoms. The summed E-state index contributed by atoms with van der Waals surface area (Å²) in [6.45, 7) is 0. The molecule has 4 aromatic rings. The molecule has 0 aliphatic carbocycles. The second-order valence-corrected chi connectivity index (χ2v) is 8.16. The third kappa shape index (κ3) is 4.20. The molecule has 2 heterocycles. The van der Waals surface area contributed by atoms with Crippen molar-refractivity contribution in [3.8, 4) is 11.3 Å². The fraction of sp³-hybridized carbons (Fsp3) is 0.0952. The van der Waals surface area contributed by atoms with E-state index >= 15 is 0 Å². The summed E-state index contributed by atoms with van der Waals surface area (Å²) in [5.74, 6) is -0.332. The Labute approximate surface area is 171 Å². The maximum Gasteiger partial charge on any atom is 0.264 e. The van der Waals surface area contributed by atoms with Crippen LogP contribution >= 0.6 is 0 Å². The number of oxazole rings is 1. The van der Waals surface area contributed by atoms with Gasteiger partial charge in [0.05, 0.1) is 11.1 Å². The number of sulfonamides is 1. The number of halogens is 1. The summed E-state index contributed by atoms with van der Waals surface area (Å²) in [5, 5.41) is 1.13. The summed E-state index contributed by atoms with van der Waals surface area (Å²) < 4.78 is 46.0. The largest absolute Gasteiger partial charge is 0.441 e. The van der Waals surface area contributed by atoms with Crippen LogP contribution in [0.2, 0.25) is 0 Å². The molecule has 0 fully saturated rings. The second-order valence-electron chi connectivity index (χ2n) is 6.51. The molecule has 7 nitrogen and oxygen atoms in total. The summed E-state index contributed by atoms with van der Waals surface area (Å²) in [5.41, 5.74) is 0.646. The van der Waals surface area contributed by atoms with Crippen molar-refractivity contribution in [2.45, 2.75) is 17.7 Å². The molecule has 152 valence electrons. The van der Waals surface area contributed by atoms with E-state index in [-0.39, 0.29) is 29.4 Å². The zero-order valence-corrected chi connectivity index (χ0v) is 16.4. The predicted molar refractivity (Wildman–Crippen MR) is 107 cm³/mol. The van der Waals surface area contributed by atoms with Crippen molar-refractivity contribution in [1.29, 1.82) is 0 Å². The van der Waals surface area contributed by atoms with Gasteiger partial charge in [-0.2, -0.15) is 0 Å². The van der Waals surface area contributed by atoms with Crippen LogP contribution in [-0.2, 0) is 21.2 Å². The van der Waals surface area contributed by atoms with Gasteiger partial charge in [-0.3, -0.25) is 9.78 Å². The van der Waals surface area contributed by atoms with Gasteiger partial charge in [-0.05, 0) is 36.4 Å². The molecule has 1 amide bonds. The minimum absolute atomic E-state index is 0.00506. The van der Waals surface area contributed by atoms with E-state index in [1.165, 1.54) is 30.6 Å². The molecule has 2 aromatic carbocycles. The van der Waals surface area contributed by atoms with Crippen molar-refractivity contribution in [1.82, 2.24) is 14.7 Å². The molecule has 0 aliphatic rings.